The van der Waals surface area contributed by atoms with Crippen molar-refractivity contribution in [2.75, 3.05) is 13.1 Å². The zero-order valence-electron chi connectivity index (χ0n) is 15.8. The Hall–Kier alpha value is -1.55. The monoisotopic (exact) mass is 332 g/mol. The molecule has 1 aromatic carbocycles. The molecule has 4 heteroatoms. The maximum atomic E-state index is 12.1. The third-order valence-electron chi connectivity index (χ3n) is 4.52. The second-order valence-electron chi connectivity index (χ2n) is 7.73. The molecule has 2 rings (SSSR count). The normalized spacial score (nSPS) is 17.6. The van der Waals surface area contributed by atoms with Crippen LogP contribution in [0.2, 0.25) is 0 Å². The van der Waals surface area contributed by atoms with E-state index in [1.165, 1.54) is 11.1 Å². The molecule has 0 radical (unpaired) electrons. The number of piperidine rings is 1. The number of ether oxygens (including phenoxy) is 1. The summed E-state index contributed by atoms with van der Waals surface area (Å²) in [6, 6.07) is 9.62. The predicted molar refractivity (Wildman–Crippen MR) is 98.2 cm³/mol. The Balaban J connectivity index is 1.80. The molecule has 1 aliphatic rings. The highest BCUT2D eigenvalue weighted by atomic mass is 16.6. The zero-order valence-corrected chi connectivity index (χ0v) is 15.8. The van der Waals surface area contributed by atoms with Crippen LogP contribution >= 0.6 is 0 Å². The Morgan fingerprint density at radius 1 is 1.25 bits per heavy atom. The van der Waals surface area contributed by atoms with E-state index in [2.05, 4.69) is 43.4 Å². The first-order valence-electron chi connectivity index (χ1n) is 9.11. The van der Waals surface area contributed by atoms with Crippen molar-refractivity contribution < 1.29 is 9.53 Å². The van der Waals surface area contributed by atoms with Gasteiger partial charge in [0.05, 0.1) is 0 Å². The fourth-order valence-electron chi connectivity index (χ4n) is 3.05. The fraction of sp³-hybridized carbons (Fsp3) is 0.650. The van der Waals surface area contributed by atoms with E-state index >= 15 is 0 Å². The molecule has 1 fully saturated rings. The second kappa shape index (κ2) is 8.02. The highest BCUT2D eigenvalue weighted by Gasteiger charge is 2.27. The Kier molecular flexibility index (Phi) is 6.27. The zero-order chi connectivity index (χ0) is 17.7. The molecule has 0 saturated carbocycles. The number of nitrogens with one attached hydrogen (secondary N) is 1. The number of hydrogen-bond acceptors (Lipinski definition) is 3. The van der Waals surface area contributed by atoms with Crippen LogP contribution in [0.5, 0.6) is 0 Å². The van der Waals surface area contributed by atoms with Crippen LogP contribution < -0.4 is 5.32 Å². The fourth-order valence-corrected chi connectivity index (χ4v) is 3.05. The lowest BCUT2D eigenvalue weighted by Gasteiger charge is -2.35. The van der Waals surface area contributed by atoms with Gasteiger partial charge >= 0.3 is 6.09 Å². The lowest BCUT2D eigenvalue weighted by molar-refractivity contribution is 0.0196. The van der Waals surface area contributed by atoms with Crippen LogP contribution in [0.3, 0.4) is 0 Å². The van der Waals surface area contributed by atoms with E-state index in [4.69, 9.17) is 4.74 Å². The summed E-state index contributed by atoms with van der Waals surface area (Å²) in [6.45, 7) is 11.6. The van der Waals surface area contributed by atoms with Gasteiger partial charge in [0.15, 0.2) is 0 Å². The number of benzene rings is 1. The lowest BCUT2D eigenvalue weighted by atomic mass is 10.0. The van der Waals surface area contributed by atoms with Crippen molar-refractivity contribution in [2.45, 2.75) is 71.6 Å². The van der Waals surface area contributed by atoms with Crippen LogP contribution in [-0.2, 0) is 11.2 Å². The molecule has 1 aromatic rings. The largest absolute Gasteiger partial charge is 0.444 e. The molecule has 0 aliphatic carbocycles. The molecule has 0 aromatic heterocycles. The first kappa shape index (κ1) is 18.8. The second-order valence-corrected chi connectivity index (χ2v) is 7.73. The van der Waals surface area contributed by atoms with Crippen molar-refractivity contribution in [1.82, 2.24) is 10.2 Å². The molecule has 1 atom stereocenters. The van der Waals surface area contributed by atoms with Gasteiger partial charge in [0.2, 0.25) is 0 Å². The molecular weight excluding hydrogens is 300 g/mol. The molecule has 0 spiro atoms. The number of likely N-dealkylation sites (tertiary alicyclic amines) is 1. The van der Waals surface area contributed by atoms with Crippen LogP contribution in [0.25, 0.3) is 0 Å². The summed E-state index contributed by atoms with van der Waals surface area (Å²) in [5, 5.41) is 3.70. The van der Waals surface area contributed by atoms with Gasteiger partial charge < -0.3 is 15.0 Å². The molecule has 134 valence electrons. The molecule has 1 saturated heterocycles. The summed E-state index contributed by atoms with van der Waals surface area (Å²) in [5.41, 5.74) is 2.27. The maximum absolute atomic E-state index is 12.1. The highest BCUT2D eigenvalue weighted by molar-refractivity contribution is 5.68. The lowest BCUT2D eigenvalue weighted by Crippen LogP contribution is -2.46. The molecule has 1 amide bonds. The SMILES string of the molecule is CCc1ccc([C@@H](C)NC2CCN(C(=O)OC(C)(C)C)CC2)cc1. The van der Waals surface area contributed by atoms with Gasteiger partial charge in [-0.1, -0.05) is 31.2 Å². The molecule has 1 aliphatic heterocycles. The van der Waals surface area contributed by atoms with Gasteiger partial charge in [0, 0.05) is 25.2 Å². The van der Waals surface area contributed by atoms with E-state index < -0.39 is 5.60 Å². The molecule has 4 nitrogen and oxygen atoms in total. The Labute approximate surface area is 146 Å². The minimum atomic E-state index is -0.425. The van der Waals surface area contributed by atoms with Crippen LogP contribution in [0.1, 0.15) is 64.6 Å². The number of aryl methyl sites for hydroxylation is 1. The highest BCUT2D eigenvalue weighted by Crippen LogP contribution is 2.19. The van der Waals surface area contributed by atoms with Gasteiger partial charge in [0.25, 0.3) is 0 Å². The maximum Gasteiger partial charge on any atom is 0.410 e. The predicted octanol–water partition coefficient (Wildman–Crippen LogP) is 4.30. The van der Waals surface area contributed by atoms with E-state index in [0.717, 1.165) is 32.4 Å². The van der Waals surface area contributed by atoms with Gasteiger partial charge in [-0.25, -0.2) is 4.79 Å². The first-order chi connectivity index (χ1) is 11.3. The Morgan fingerprint density at radius 3 is 2.33 bits per heavy atom. The summed E-state index contributed by atoms with van der Waals surface area (Å²) < 4.78 is 5.45. The number of carbonyl (C=O) groups is 1. The van der Waals surface area contributed by atoms with Crippen molar-refractivity contribution >= 4 is 6.09 Å². The quantitative estimate of drug-likeness (QED) is 0.894. The average Bonchev–Trinajstić information content (AvgIpc) is 2.54. The Bertz CT molecular complexity index is 526. The van der Waals surface area contributed by atoms with Gasteiger partial charge in [-0.05, 0) is 58.1 Å². The molecular formula is C20H32N2O2. The third-order valence-corrected chi connectivity index (χ3v) is 4.52. The van der Waals surface area contributed by atoms with E-state index in [0.29, 0.717) is 12.1 Å². The van der Waals surface area contributed by atoms with Crippen molar-refractivity contribution in [3.05, 3.63) is 35.4 Å². The Morgan fingerprint density at radius 2 is 1.83 bits per heavy atom. The molecule has 1 N–H and O–H groups in total. The van der Waals surface area contributed by atoms with Crippen molar-refractivity contribution in [3.8, 4) is 0 Å². The van der Waals surface area contributed by atoms with Crippen LogP contribution in [0.4, 0.5) is 4.79 Å². The minimum absolute atomic E-state index is 0.191. The van der Waals surface area contributed by atoms with E-state index in [1.54, 1.807) is 0 Å². The topological polar surface area (TPSA) is 41.6 Å². The van der Waals surface area contributed by atoms with Crippen molar-refractivity contribution in [1.29, 1.82) is 0 Å². The summed E-state index contributed by atoms with van der Waals surface area (Å²) in [6.07, 6.45) is 2.82. The van der Waals surface area contributed by atoms with Crippen molar-refractivity contribution in [2.24, 2.45) is 0 Å². The first-order valence-corrected chi connectivity index (χ1v) is 9.11. The smallest absolute Gasteiger partial charge is 0.410 e. The number of hydrogen-bond donors (Lipinski definition) is 1. The third kappa shape index (κ3) is 5.52. The number of amides is 1. The number of nitrogens with zero attached hydrogens (tertiary/aromatic N) is 1. The minimum Gasteiger partial charge on any atom is -0.444 e. The van der Waals surface area contributed by atoms with Gasteiger partial charge in [0.1, 0.15) is 5.60 Å². The average molecular weight is 332 g/mol. The summed E-state index contributed by atoms with van der Waals surface area (Å²) in [4.78, 5) is 13.9. The van der Waals surface area contributed by atoms with E-state index in [-0.39, 0.29) is 6.09 Å². The van der Waals surface area contributed by atoms with Gasteiger partial charge in [-0.15, -0.1) is 0 Å². The summed E-state index contributed by atoms with van der Waals surface area (Å²) >= 11 is 0. The van der Waals surface area contributed by atoms with Crippen LogP contribution in [0, 0.1) is 0 Å². The molecule has 0 unspecified atom stereocenters. The van der Waals surface area contributed by atoms with E-state index in [9.17, 15) is 4.79 Å². The number of rotatable bonds is 4. The van der Waals surface area contributed by atoms with E-state index in [1.807, 2.05) is 25.7 Å². The molecule has 1 heterocycles. The van der Waals surface area contributed by atoms with Crippen molar-refractivity contribution in [3.63, 3.8) is 0 Å². The summed E-state index contributed by atoms with van der Waals surface area (Å²) in [7, 11) is 0. The molecule has 24 heavy (non-hydrogen) atoms. The summed E-state index contributed by atoms with van der Waals surface area (Å²) in [5.74, 6) is 0. The van der Waals surface area contributed by atoms with Crippen LogP contribution in [-0.4, -0.2) is 35.7 Å². The molecule has 0 bridgehead atoms. The standard InChI is InChI=1S/C20H32N2O2/c1-6-16-7-9-17(10-8-16)15(2)21-18-11-13-22(14-12-18)19(23)24-20(3,4)5/h7-10,15,18,21H,6,11-14H2,1-5H3/t15-/m1/s1. The van der Waals surface area contributed by atoms with Crippen LogP contribution in [0.15, 0.2) is 24.3 Å². The number of carbonyl (C=O) groups excluding carboxylic acids is 1. The van der Waals surface area contributed by atoms with Gasteiger partial charge in [-0.3, -0.25) is 0 Å². The van der Waals surface area contributed by atoms with Gasteiger partial charge in [-0.2, -0.15) is 0 Å².